The Kier molecular flexibility index (Phi) is 4.92. The summed E-state index contributed by atoms with van der Waals surface area (Å²) in [5.74, 6) is -1.42. The Hall–Kier alpha value is -1.66. The van der Waals surface area contributed by atoms with E-state index in [1.54, 1.807) is 11.4 Å². The smallest absolute Gasteiger partial charge is 0.326 e. The maximum atomic E-state index is 12.0. The average molecular weight is 354 g/mol. The van der Waals surface area contributed by atoms with Gasteiger partial charge in [-0.1, -0.05) is 30.3 Å². The third-order valence-electron chi connectivity index (χ3n) is 2.72. The van der Waals surface area contributed by atoms with Gasteiger partial charge in [0.25, 0.3) is 5.91 Å². The lowest BCUT2D eigenvalue weighted by Gasteiger charge is -2.14. The zero-order chi connectivity index (χ0) is 14.5. The molecular weight excluding hydrogens is 342 g/mol. The van der Waals surface area contributed by atoms with Gasteiger partial charge in [0.05, 0.1) is 9.35 Å². The number of thiophene rings is 1. The highest BCUT2D eigenvalue weighted by Gasteiger charge is 2.21. The number of aliphatic carboxylic acids is 1. The quantitative estimate of drug-likeness (QED) is 0.868. The van der Waals surface area contributed by atoms with Gasteiger partial charge in [0, 0.05) is 11.8 Å². The molecule has 1 amide bonds. The second-order valence-electron chi connectivity index (χ2n) is 4.19. The van der Waals surface area contributed by atoms with Crippen molar-refractivity contribution in [1.29, 1.82) is 0 Å². The van der Waals surface area contributed by atoms with Crippen LogP contribution >= 0.6 is 27.3 Å². The summed E-state index contributed by atoms with van der Waals surface area (Å²) in [6, 6.07) is 9.94. The summed E-state index contributed by atoms with van der Waals surface area (Å²) in [5, 5.41) is 13.4. The van der Waals surface area contributed by atoms with Gasteiger partial charge in [0.2, 0.25) is 0 Å². The zero-order valence-electron chi connectivity index (χ0n) is 10.4. The van der Waals surface area contributed by atoms with Gasteiger partial charge in [-0.3, -0.25) is 4.79 Å². The van der Waals surface area contributed by atoms with E-state index in [1.165, 1.54) is 11.3 Å². The number of carbonyl (C=O) groups excluding carboxylic acids is 1. The lowest BCUT2D eigenvalue weighted by atomic mass is 10.1. The largest absolute Gasteiger partial charge is 0.480 e. The zero-order valence-corrected chi connectivity index (χ0v) is 12.8. The molecule has 1 aromatic carbocycles. The molecule has 4 nitrogen and oxygen atoms in total. The number of carbonyl (C=O) groups is 2. The first-order valence-corrected chi connectivity index (χ1v) is 7.55. The second-order valence-corrected chi connectivity index (χ2v) is 6.48. The van der Waals surface area contributed by atoms with Crippen LogP contribution in [0.25, 0.3) is 0 Å². The first-order valence-electron chi connectivity index (χ1n) is 5.88. The summed E-state index contributed by atoms with van der Waals surface area (Å²) >= 11 is 4.65. The van der Waals surface area contributed by atoms with Gasteiger partial charge in [-0.25, -0.2) is 4.79 Å². The Labute approximate surface area is 128 Å². The number of nitrogens with one attached hydrogen (secondary N) is 1. The second kappa shape index (κ2) is 6.67. The first-order chi connectivity index (χ1) is 9.56. The fraction of sp³-hybridized carbons (Fsp3) is 0.143. The summed E-state index contributed by atoms with van der Waals surface area (Å²) in [6.07, 6.45) is 0.257. The van der Waals surface area contributed by atoms with E-state index in [1.807, 2.05) is 30.3 Å². The summed E-state index contributed by atoms with van der Waals surface area (Å²) < 4.78 is 0.831. The van der Waals surface area contributed by atoms with Gasteiger partial charge in [-0.2, -0.15) is 0 Å². The Morgan fingerprint density at radius 1 is 1.30 bits per heavy atom. The predicted molar refractivity (Wildman–Crippen MR) is 81.1 cm³/mol. The molecule has 0 fully saturated rings. The molecule has 0 aliphatic carbocycles. The molecule has 0 bridgehead atoms. The van der Waals surface area contributed by atoms with Crippen molar-refractivity contribution in [3.05, 3.63) is 56.7 Å². The monoisotopic (exact) mass is 353 g/mol. The molecule has 1 atom stereocenters. The van der Waals surface area contributed by atoms with E-state index in [0.717, 1.165) is 9.35 Å². The van der Waals surface area contributed by atoms with Crippen LogP contribution in [0.2, 0.25) is 0 Å². The number of hydrogen-bond donors (Lipinski definition) is 2. The third-order valence-corrected chi connectivity index (χ3v) is 4.22. The molecule has 20 heavy (non-hydrogen) atoms. The maximum absolute atomic E-state index is 12.0. The van der Waals surface area contributed by atoms with Gasteiger partial charge in [0.15, 0.2) is 0 Å². The number of hydrogen-bond acceptors (Lipinski definition) is 3. The Bertz CT molecular complexity index is 612. The maximum Gasteiger partial charge on any atom is 0.326 e. The van der Waals surface area contributed by atoms with Crippen LogP contribution < -0.4 is 5.32 Å². The van der Waals surface area contributed by atoms with Gasteiger partial charge in [-0.15, -0.1) is 11.3 Å². The minimum Gasteiger partial charge on any atom is -0.480 e. The van der Waals surface area contributed by atoms with Crippen molar-refractivity contribution in [3.8, 4) is 0 Å². The van der Waals surface area contributed by atoms with E-state index in [9.17, 15) is 14.7 Å². The van der Waals surface area contributed by atoms with Crippen LogP contribution in [-0.2, 0) is 11.2 Å². The molecule has 1 heterocycles. The van der Waals surface area contributed by atoms with Crippen LogP contribution in [-0.4, -0.2) is 23.0 Å². The number of rotatable bonds is 5. The molecule has 6 heteroatoms. The average Bonchev–Trinajstić information content (AvgIpc) is 2.86. The number of halogens is 1. The molecule has 0 spiro atoms. The van der Waals surface area contributed by atoms with E-state index in [-0.39, 0.29) is 12.3 Å². The highest BCUT2D eigenvalue weighted by molar-refractivity contribution is 9.11. The highest BCUT2D eigenvalue weighted by Crippen LogP contribution is 2.20. The number of carboxylic acids is 1. The van der Waals surface area contributed by atoms with E-state index >= 15 is 0 Å². The van der Waals surface area contributed by atoms with Crippen LogP contribution in [0.3, 0.4) is 0 Å². The molecule has 0 radical (unpaired) electrons. The van der Waals surface area contributed by atoms with Gasteiger partial charge >= 0.3 is 5.97 Å². The molecule has 0 aliphatic rings. The summed E-state index contributed by atoms with van der Waals surface area (Å²) in [6.45, 7) is 0. The van der Waals surface area contributed by atoms with E-state index in [0.29, 0.717) is 5.56 Å². The summed E-state index contributed by atoms with van der Waals surface area (Å²) in [5.41, 5.74) is 1.33. The number of carboxylic acid groups (broad SMARTS) is 1. The van der Waals surface area contributed by atoms with Gasteiger partial charge < -0.3 is 10.4 Å². The third kappa shape index (κ3) is 3.91. The normalized spacial score (nSPS) is 11.8. The Morgan fingerprint density at radius 2 is 2.00 bits per heavy atom. The molecule has 0 aliphatic heterocycles. The minimum absolute atomic E-state index is 0.257. The Morgan fingerprint density at radius 3 is 2.55 bits per heavy atom. The molecule has 0 saturated carbocycles. The minimum atomic E-state index is -1.04. The molecule has 2 aromatic rings. The van der Waals surface area contributed by atoms with E-state index < -0.39 is 12.0 Å². The molecule has 0 unspecified atom stereocenters. The molecule has 1 aromatic heterocycles. The number of amides is 1. The fourth-order valence-electron chi connectivity index (χ4n) is 1.72. The lowest BCUT2D eigenvalue weighted by molar-refractivity contribution is -0.139. The van der Waals surface area contributed by atoms with Crippen LogP contribution in [0.4, 0.5) is 0 Å². The molecule has 0 saturated heterocycles. The summed E-state index contributed by atoms with van der Waals surface area (Å²) in [4.78, 5) is 23.2. The van der Waals surface area contributed by atoms with Crippen molar-refractivity contribution >= 4 is 39.1 Å². The van der Waals surface area contributed by atoms with Crippen molar-refractivity contribution in [1.82, 2.24) is 5.32 Å². The highest BCUT2D eigenvalue weighted by atomic mass is 79.9. The van der Waals surface area contributed by atoms with Crippen molar-refractivity contribution in [3.63, 3.8) is 0 Å². The van der Waals surface area contributed by atoms with Crippen LogP contribution in [0.5, 0.6) is 0 Å². The molecular formula is C14H12BrNO3S. The molecule has 2 rings (SSSR count). The first kappa shape index (κ1) is 14.7. The standard InChI is InChI=1S/C14H12BrNO3S/c15-12-7-10(8-20-12)13(17)16-11(14(18)19)6-9-4-2-1-3-5-9/h1-5,7-8,11H,6H2,(H,16,17)(H,18,19)/t11-/m1/s1. The summed E-state index contributed by atoms with van der Waals surface area (Å²) in [7, 11) is 0. The van der Waals surface area contributed by atoms with Crippen LogP contribution in [0, 0.1) is 0 Å². The van der Waals surface area contributed by atoms with Crippen molar-refractivity contribution in [2.24, 2.45) is 0 Å². The van der Waals surface area contributed by atoms with Crippen molar-refractivity contribution < 1.29 is 14.7 Å². The van der Waals surface area contributed by atoms with Crippen molar-refractivity contribution in [2.75, 3.05) is 0 Å². The predicted octanol–water partition coefficient (Wildman–Crippen LogP) is 2.94. The SMILES string of the molecule is O=C(N[C@H](Cc1ccccc1)C(=O)O)c1csc(Br)c1. The van der Waals surface area contributed by atoms with Crippen molar-refractivity contribution in [2.45, 2.75) is 12.5 Å². The molecule has 104 valence electrons. The fourth-order valence-corrected chi connectivity index (χ4v) is 2.86. The number of benzene rings is 1. The van der Waals surface area contributed by atoms with E-state index in [2.05, 4.69) is 21.2 Å². The van der Waals surface area contributed by atoms with Crippen LogP contribution in [0.15, 0.2) is 45.6 Å². The van der Waals surface area contributed by atoms with E-state index in [4.69, 9.17) is 0 Å². The molecule has 2 N–H and O–H groups in total. The Balaban J connectivity index is 2.06. The topological polar surface area (TPSA) is 66.4 Å². The van der Waals surface area contributed by atoms with Gasteiger partial charge in [-0.05, 0) is 27.6 Å². The van der Waals surface area contributed by atoms with Gasteiger partial charge in [0.1, 0.15) is 6.04 Å². The van der Waals surface area contributed by atoms with Crippen LogP contribution in [0.1, 0.15) is 15.9 Å². The lowest BCUT2D eigenvalue weighted by Crippen LogP contribution is -2.42.